The SMILES string of the molecule is C[N+](C)(C)CCCCOc1ccc(C(=C(c2ccccc2)c2ccccc2)c2ccccc2)cc1. The van der Waals surface area contributed by atoms with E-state index in [1.807, 2.05) is 0 Å². The maximum Gasteiger partial charge on any atom is 0.119 e. The van der Waals surface area contributed by atoms with Crippen LogP contribution < -0.4 is 4.74 Å². The zero-order chi connectivity index (χ0) is 24.5. The number of nitrogens with zero attached hydrogens (tertiary/aromatic N) is 1. The predicted molar refractivity (Wildman–Crippen MR) is 148 cm³/mol. The number of hydrogen-bond donors (Lipinski definition) is 0. The molecule has 2 heteroatoms. The van der Waals surface area contributed by atoms with E-state index in [0.717, 1.165) is 29.8 Å². The third kappa shape index (κ3) is 6.94. The van der Waals surface area contributed by atoms with Crippen LogP contribution in [0.25, 0.3) is 11.1 Å². The van der Waals surface area contributed by atoms with Crippen LogP contribution >= 0.6 is 0 Å². The summed E-state index contributed by atoms with van der Waals surface area (Å²) in [5, 5.41) is 0. The van der Waals surface area contributed by atoms with Crippen molar-refractivity contribution in [3.05, 3.63) is 138 Å². The molecule has 0 fully saturated rings. The number of unbranched alkanes of at least 4 members (excludes halogenated alkanes) is 1. The summed E-state index contributed by atoms with van der Waals surface area (Å²) >= 11 is 0. The maximum absolute atomic E-state index is 6.07. The van der Waals surface area contributed by atoms with Crippen LogP contribution in [-0.2, 0) is 0 Å². The van der Waals surface area contributed by atoms with Gasteiger partial charge in [0.15, 0.2) is 0 Å². The molecular weight excluding hydrogens is 426 g/mol. The van der Waals surface area contributed by atoms with Crippen LogP contribution in [0.4, 0.5) is 0 Å². The van der Waals surface area contributed by atoms with Crippen molar-refractivity contribution in [2.45, 2.75) is 12.8 Å². The van der Waals surface area contributed by atoms with Crippen molar-refractivity contribution in [3.8, 4) is 5.75 Å². The van der Waals surface area contributed by atoms with E-state index < -0.39 is 0 Å². The van der Waals surface area contributed by atoms with E-state index in [-0.39, 0.29) is 0 Å². The summed E-state index contributed by atoms with van der Waals surface area (Å²) in [5.41, 5.74) is 7.23. The Morgan fingerprint density at radius 3 is 1.31 bits per heavy atom. The highest BCUT2D eigenvalue weighted by molar-refractivity contribution is 6.04. The molecule has 0 unspecified atom stereocenters. The quantitative estimate of drug-likeness (QED) is 0.134. The molecule has 4 aromatic rings. The maximum atomic E-state index is 6.07. The minimum Gasteiger partial charge on any atom is -0.494 e. The summed E-state index contributed by atoms with van der Waals surface area (Å²) in [6, 6.07) is 40.6. The second-order valence-corrected chi connectivity index (χ2v) is 9.94. The highest BCUT2D eigenvalue weighted by Crippen LogP contribution is 2.37. The first kappa shape index (κ1) is 24.5. The molecule has 0 aliphatic rings. The summed E-state index contributed by atoms with van der Waals surface area (Å²) in [6.07, 6.45) is 2.23. The minimum absolute atomic E-state index is 0.750. The summed E-state index contributed by atoms with van der Waals surface area (Å²) in [5.74, 6) is 0.924. The molecule has 0 bridgehead atoms. The molecule has 35 heavy (non-hydrogen) atoms. The summed E-state index contributed by atoms with van der Waals surface area (Å²) < 4.78 is 7.06. The van der Waals surface area contributed by atoms with E-state index in [4.69, 9.17) is 4.74 Å². The molecule has 0 radical (unpaired) electrons. The molecule has 0 aliphatic carbocycles. The molecular formula is C33H36NO+. The lowest BCUT2D eigenvalue weighted by atomic mass is 9.86. The molecule has 0 amide bonds. The van der Waals surface area contributed by atoms with Crippen molar-refractivity contribution in [1.29, 1.82) is 0 Å². The first-order valence-corrected chi connectivity index (χ1v) is 12.5. The topological polar surface area (TPSA) is 9.23 Å². The number of quaternary nitrogens is 1. The van der Waals surface area contributed by atoms with E-state index in [1.54, 1.807) is 0 Å². The Kier molecular flexibility index (Phi) is 8.18. The van der Waals surface area contributed by atoms with Crippen LogP contribution in [0.15, 0.2) is 115 Å². The first-order chi connectivity index (χ1) is 17.0. The lowest BCUT2D eigenvalue weighted by Crippen LogP contribution is -2.35. The smallest absolute Gasteiger partial charge is 0.119 e. The largest absolute Gasteiger partial charge is 0.494 e. The van der Waals surface area contributed by atoms with Gasteiger partial charge < -0.3 is 9.22 Å². The van der Waals surface area contributed by atoms with E-state index in [0.29, 0.717) is 0 Å². The highest BCUT2D eigenvalue weighted by atomic mass is 16.5. The zero-order valence-electron chi connectivity index (χ0n) is 21.2. The van der Waals surface area contributed by atoms with Crippen LogP contribution in [0, 0.1) is 0 Å². The van der Waals surface area contributed by atoms with Gasteiger partial charge in [-0.1, -0.05) is 103 Å². The molecule has 4 rings (SSSR count). The Morgan fingerprint density at radius 2 is 0.914 bits per heavy atom. The number of hydrogen-bond acceptors (Lipinski definition) is 1. The molecule has 0 heterocycles. The van der Waals surface area contributed by atoms with E-state index in [2.05, 4.69) is 136 Å². The third-order valence-corrected chi connectivity index (χ3v) is 6.07. The Hall–Kier alpha value is -3.62. The van der Waals surface area contributed by atoms with E-state index >= 15 is 0 Å². The Bertz CT molecular complexity index is 1160. The standard InChI is InChI=1S/C33H36NO/c1-34(2,3)25-13-14-26-35-31-23-21-30(22-24-31)33(29-19-11-6-12-20-29)32(27-15-7-4-8-16-27)28-17-9-5-10-18-28/h4-12,15-24H,13-14,25-26H2,1-3H3/q+1. The third-order valence-electron chi connectivity index (χ3n) is 6.07. The fraction of sp³-hybridized carbons (Fsp3) is 0.212. The van der Waals surface area contributed by atoms with Gasteiger partial charge in [-0.2, -0.15) is 0 Å². The molecule has 0 N–H and O–H groups in total. The van der Waals surface area contributed by atoms with Crippen LogP contribution in [0.3, 0.4) is 0 Å². The minimum atomic E-state index is 0.750. The monoisotopic (exact) mass is 462 g/mol. The van der Waals surface area contributed by atoms with Gasteiger partial charge >= 0.3 is 0 Å². The average Bonchev–Trinajstić information content (AvgIpc) is 2.88. The molecule has 4 aromatic carbocycles. The lowest BCUT2D eigenvalue weighted by molar-refractivity contribution is -0.870. The van der Waals surface area contributed by atoms with E-state index in [1.165, 1.54) is 39.8 Å². The van der Waals surface area contributed by atoms with Gasteiger partial charge in [0.25, 0.3) is 0 Å². The van der Waals surface area contributed by atoms with Crippen molar-refractivity contribution in [1.82, 2.24) is 0 Å². The fourth-order valence-corrected chi connectivity index (χ4v) is 4.32. The van der Waals surface area contributed by atoms with Crippen LogP contribution in [-0.4, -0.2) is 38.8 Å². The second kappa shape index (κ2) is 11.7. The van der Waals surface area contributed by atoms with Crippen molar-refractivity contribution in [2.75, 3.05) is 34.3 Å². The summed E-state index contributed by atoms with van der Waals surface area (Å²) in [4.78, 5) is 0. The van der Waals surface area contributed by atoms with Crippen LogP contribution in [0.2, 0.25) is 0 Å². The van der Waals surface area contributed by atoms with Gasteiger partial charge in [-0.05, 0) is 58.4 Å². The fourth-order valence-electron chi connectivity index (χ4n) is 4.32. The molecule has 0 spiro atoms. The van der Waals surface area contributed by atoms with Gasteiger partial charge in [0.2, 0.25) is 0 Å². The molecule has 0 aliphatic heterocycles. The zero-order valence-corrected chi connectivity index (χ0v) is 21.2. The number of benzene rings is 4. The normalized spacial score (nSPS) is 11.2. The van der Waals surface area contributed by atoms with Gasteiger partial charge in [0, 0.05) is 0 Å². The van der Waals surface area contributed by atoms with Gasteiger partial charge in [-0.15, -0.1) is 0 Å². The summed E-state index contributed by atoms with van der Waals surface area (Å²) in [6.45, 7) is 1.91. The second-order valence-electron chi connectivity index (χ2n) is 9.94. The predicted octanol–water partition coefficient (Wildman–Crippen LogP) is 7.56. The number of ether oxygens (including phenoxy) is 1. The number of rotatable bonds is 10. The van der Waals surface area contributed by atoms with Crippen LogP contribution in [0.1, 0.15) is 35.1 Å². The molecule has 0 aromatic heterocycles. The Labute approximate surface area is 210 Å². The lowest BCUT2D eigenvalue weighted by Gasteiger charge is -2.23. The highest BCUT2D eigenvalue weighted by Gasteiger charge is 2.16. The van der Waals surface area contributed by atoms with E-state index in [9.17, 15) is 0 Å². The van der Waals surface area contributed by atoms with Crippen LogP contribution in [0.5, 0.6) is 5.75 Å². The molecule has 178 valence electrons. The van der Waals surface area contributed by atoms with Gasteiger partial charge in [0.05, 0.1) is 34.3 Å². The molecule has 0 atom stereocenters. The molecule has 2 nitrogen and oxygen atoms in total. The van der Waals surface area contributed by atoms with Gasteiger partial charge in [-0.25, -0.2) is 0 Å². The first-order valence-electron chi connectivity index (χ1n) is 12.5. The summed E-state index contributed by atoms with van der Waals surface area (Å²) in [7, 11) is 6.70. The van der Waals surface area contributed by atoms with Gasteiger partial charge in [-0.3, -0.25) is 0 Å². The van der Waals surface area contributed by atoms with Gasteiger partial charge in [0.1, 0.15) is 5.75 Å². The van der Waals surface area contributed by atoms with Crippen molar-refractivity contribution in [2.24, 2.45) is 0 Å². The van der Waals surface area contributed by atoms with Crippen molar-refractivity contribution < 1.29 is 9.22 Å². The Morgan fingerprint density at radius 1 is 0.514 bits per heavy atom. The van der Waals surface area contributed by atoms with Crippen molar-refractivity contribution >= 4 is 11.1 Å². The molecule has 0 saturated heterocycles. The Balaban J connectivity index is 1.69. The average molecular weight is 463 g/mol. The molecule has 0 saturated carbocycles. The van der Waals surface area contributed by atoms with Crippen molar-refractivity contribution in [3.63, 3.8) is 0 Å².